The van der Waals surface area contributed by atoms with Crippen LogP contribution in [0.1, 0.15) is 18.0 Å². The maximum atomic E-state index is 5.08. The molecule has 0 bridgehead atoms. The molecule has 0 radical (unpaired) electrons. The first-order chi connectivity index (χ1) is 7.86. The molecule has 1 aliphatic heterocycles. The van der Waals surface area contributed by atoms with Crippen LogP contribution in [0.3, 0.4) is 0 Å². The third-order valence-electron chi connectivity index (χ3n) is 3.01. The van der Waals surface area contributed by atoms with Crippen LogP contribution in [0.2, 0.25) is 0 Å². The zero-order valence-electron chi connectivity index (χ0n) is 9.18. The molecule has 1 aliphatic rings. The van der Waals surface area contributed by atoms with Crippen molar-refractivity contribution in [1.82, 2.24) is 19.9 Å². The Morgan fingerprint density at radius 3 is 3.19 bits per heavy atom. The third kappa shape index (κ3) is 1.53. The van der Waals surface area contributed by atoms with Crippen molar-refractivity contribution in [3.8, 4) is 5.88 Å². The second kappa shape index (κ2) is 3.75. The van der Waals surface area contributed by atoms with Gasteiger partial charge in [0.1, 0.15) is 0 Å². The van der Waals surface area contributed by atoms with Crippen LogP contribution >= 0.6 is 0 Å². The van der Waals surface area contributed by atoms with E-state index in [-0.39, 0.29) is 0 Å². The Kier molecular flexibility index (Phi) is 2.25. The molecule has 0 aromatic carbocycles. The van der Waals surface area contributed by atoms with Crippen LogP contribution in [0.15, 0.2) is 18.3 Å². The molecule has 84 valence electrons. The van der Waals surface area contributed by atoms with Crippen LogP contribution in [0.4, 0.5) is 0 Å². The van der Waals surface area contributed by atoms with E-state index in [1.807, 2.05) is 6.07 Å². The molecule has 2 aromatic rings. The van der Waals surface area contributed by atoms with E-state index in [1.165, 1.54) is 0 Å². The number of rotatable bonds is 2. The van der Waals surface area contributed by atoms with Gasteiger partial charge in [-0.25, -0.2) is 4.52 Å². The number of fused-ring (bicyclic) bond motifs is 1. The number of imidazole rings is 1. The summed E-state index contributed by atoms with van der Waals surface area (Å²) in [7, 11) is 1.61. The van der Waals surface area contributed by atoms with Crippen LogP contribution in [-0.4, -0.2) is 34.8 Å². The van der Waals surface area contributed by atoms with E-state index in [0.717, 1.165) is 30.9 Å². The summed E-state index contributed by atoms with van der Waals surface area (Å²) in [4.78, 5) is 4.26. The molecule has 5 nitrogen and oxygen atoms in total. The van der Waals surface area contributed by atoms with Crippen LogP contribution in [0, 0.1) is 0 Å². The fourth-order valence-electron chi connectivity index (χ4n) is 2.10. The molecule has 0 aliphatic carbocycles. The minimum Gasteiger partial charge on any atom is -0.480 e. The van der Waals surface area contributed by atoms with Crippen molar-refractivity contribution < 1.29 is 4.74 Å². The van der Waals surface area contributed by atoms with E-state index in [0.29, 0.717) is 11.8 Å². The molecule has 3 rings (SSSR count). The van der Waals surface area contributed by atoms with Crippen LogP contribution in [-0.2, 0) is 0 Å². The molecule has 0 spiro atoms. The highest BCUT2D eigenvalue weighted by atomic mass is 16.5. The molecule has 0 saturated carbocycles. The van der Waals surface area contributed by atoms with Gasteiger partial charge in [0, 0.05) is 12.5 Å². The number of nitrogens with one attached hydrogen (secondary N) is 1. The molecular weight excluding hydrogens is 204 g/mol. The maximum absolute atomic E-state index is 5.08. The minimum absolute atomic E-state index is 0.526. The van der Waals surface area contributed by atoms with Crippen molar-refractivity contribution >= 4 is 5.65 Å². The zero-order valence-corrected chi connectivity index (χ0v) is 9.18. The lowest BCUT2D eigenvalue weighted by Crippen LogP contribution is -2.09. The Morgan fingerprint density at radius 2 is 2.44 bits per heavy atom. The first kappa shape index (κ1) is 9.59. The SMILES string of the molecule is COc1cn2nc(C3CCNC3)ccc2n1. The zero-order chi connectivity index (χ0) is 11.0. The summed E-state index contributed by atoms with van der Waals surface area (Å²) in [6, 6.07) is 4.04. The molecular formula is C11H14N4O. The summed E-state index contributed by atoms with van der Waals surface area (Å²) in [5.74, 6) is 1.13. The maximum Gasteiger partial charge on any atom is 0.234 e. The summed E-state index contributed by atoms with van der Waals surface area (Å²) in [5, 5.41) is 7.91. The molecule has 2 aromatic heterocycles. The summed E-state index contributed by atoms with van der Waals surface area (Å²) < 4.78 is 6.86. The number of hydrogen-bond acceptors (Lipinski definition) is 4. The quantitative estimate of drug-likeness (QED) is 0.810. The van der Waals surface area contributed by atoms with Crippen molar-refractivity contribution in [2.45, 2.75) is 12.3 Å². The van der Waals surface area contributed by atoms with Crippen molar-refractivity contribution in [2.75, 3.05) is 20.2 Å². The standard InChI is InChI=1S/C11H14N4O/c1-16-11-7-15-10(13-11)3-2-9(14-15)8-4-5-12-6-8/h2-3,7-8,12H,4-6H2,1H3. The minimum atomic E-state index is 0.526. The molecule has 1 unspecified atom stereocenters. The molecule has 1 N–H and O–H groups in total. The normalized spacial score (nSPS) is 20.4. The monoisotopic (exact) mass is 218 g/mol. The Morgan fingerprint density at radius 1 is 1.50 bits per heavy atom. The molecule has 5 heteroatoms. The highest BCUT2D eigenvalue weighted by Crippen LogP contribution is 2.21. The van der Waals surface area contributed by atoms with Crippen LogP contribution in [0.25, 0.3) is 5.65 Å². The second-order valence-corrected chi connectivity index (χ2v) is 4.03. The van der Waals surface area contributed by atoms with Gasteiger partial charge in [0.2, 0.25) is 5.88 Å². The first-order valence-corrected chi connectivity index (χ1v) is 5.48. The third-order valence-corrected chi connectivity index (χ3v) is 3.01. The van der Waals surface area contributed by atoms with Gasteiger partial charge in [-0.15, -0.1) is 0 Å². The number of ether oxygens (including phenoxy) is 1. The highest BCUT2D eigenvalue weighted by Gasteiger charge is 2.18. The largest absolute Gasteiger partial charge is 0.480 e. The van der Waals surface area contributed by atoms with Gasteiger partial charge < -0.3 is 10.1 Å². The van der Waals surface area contributed by atoms with E-state index >= 15 is 0 Å². The predicted molar refractivity (Wildman–Crippen MR) is 59.8 cm³/mol. The summed E-state index contributed by atoms with van der Waals surface area (Å²) in [6.07, 6.45) is 2.96. The van der Waals surface area contributed by atoms with Crippen molar-refractivity contribution in [3.05, 3.63) is 24.0 Å². The lowest BCUT2D eigenvalue weighted by atomic mass is 10.1. The lowest BCUT2D eigenvalue weighted by molar-refractivity contribution is 0.400. The van der Waals surface area contributed by atoms with Gasteiger partial charge in [-0.05, 0) is 25.1 Å². The highest BCUT2D eigenvalue weighted by molar-refractivity contribution is 5.40. The molecule has 16 heavy (non-hydrogen) atoms. The predicted octanol–water partition coefficient (Wildman–Crippen LogP) is 0.815. The fraction of sp³-hybridized carbons (Fsp3) is 0.455. The Bertz CT molecular complexity index is 502. The van der Waals surface area contributed by atoms with Crippen LogP contribution < -0.4 is 10.1 Å². The number of nitrogens with zero attached hydrogens (tertiary/aromatic N) is 3. The van der Waals surface area contributed by atoms with E-state index in [2.05, 4.69) is 21.5 Å². The van der Waals surface area contributed by atoms with Crippen molar-refractivity contribution in [2.24, 2.45) is 0 Å². The fourth-order valence-corrected chi connectivity index (χ4v) is 2.10. The first-order valence-electron chi connectivity index (χ1n) is 5.48. The summed E-state index contributed by atoms with van der Waals surface area (Å²) in [6.45, 7) is 2.10. The van der Waals surface area contributed by atoms with Crippen molar-refractivity contribution in [3.63, 3.8) is 0 Å². The number of hydrogen-bond donors (Lipinski definition) is 1. The second-order valence-electron chi connectivity index (χ2n) is 4.03. The van der Waals surface area contributed by atoms with Crippen LogP contribution in [0.5, 0.6) is 5.88 Å². The van der Waals surface area contributed by atoms with E-state index in [1.54, 1.807) is 17.8 Å². The van der Waals surface area contributed by atoms with E-state index < -0.39 is 0 Å². The molecule has 0 amide bonds. The van der Waals surface area contributed by atoms with Gasteiger partial charge in [-0.2, -0.15) is 10.1 Å². The smallest absolute Gasteiger partial charge is 0.234 e. The Hall–Kier alpha value is -1.62. The number of methoxy groups -OCH3 is 1. The number of aromatic nitrogens is 3. The summed E-state index contributed by atoms with van der Waals surface area (Å²) in [5.41, 5.74) is 1.95. The van der Waals surface area contributed by atoms with Gasteiger partial charge in [0.25, 0.3) is 0 Å². The van der Waals surface area contributed by atoms with E-state index in [9.17, 15) is 0 Å². The Balaban J connectivity index is 2.00. The summed E-state index contributed by atoms with van der Waals surface area (Å²) >= 11 is 0. The van der Waals surface area contributed by atoms with Gasteiger partial charge in [-0.1, -0.05) is 0 Å². The molecule has 1 saturated heterocycles. The van der Waals surface area contributed by atoms with Gasteiger partial charge in [0.05, 0.1) is 19.0 Å². The molecule has 1 fully saturated rings. The molecule has 1 atom stereocenters. The average Bonchev–Trinajstić information content (AvgIpc) is 2.96. The van der Waals surface area contributed by atoms with Gasteiger partial charge >= 0.3 is 0 Å². The Labute approximate surface area is 93.4 Å². The topological polar surface area (TPSA) is 51.5 Å². The van der Waals surface area contributed by atoms with Crippen molar-refractivity contribution in [1.29, 1.82) is 0 Å². The molecule has 3 heterocycles. The average molecular weight is 218 g/mol. The van der Waals surface area contributed by atoms with Gasteiger partial charge in [-0.3, -0.25) is 0 Å². The lowest BCUT2D eigenvalue weighted by Gasteiger charge is -2.06. The van der Waals surface area contributed by atoms with E-state index in [4.69, 9.17) is 4.74 Å². The van der Waals surface area contributed by atoms with Gasteiger partial charge in [0.15, 0.2) is 5.65 Å².